The van der Waals surface area contributed by atoms with E-state index in [0.717, 1.165) is 38.9 Å². The Kier molecular flexibility index (Phi) is 7.87. The van der Waals surface area contributed by atoms with Crippen LogP contribution in [0.1, 0.15) is 0 Å². The van der Waals surface area contributed by atoms with Crippen LogP contribution in [0.2, 0.25) is 0 Å². The third-order valence-electron chi connectivity index (χ3n) is 10.6. The molecule has 0 aliphatic carbocycles. The molecular weight excluding hydrogens is 719 g/mol. The summed E-state index contributed by atoms with van der Waals surface area (Å²) in [6.45, 7) is 0. The molecule has 0 radical (unpaired) electrons. The molecule has 5 heteroatoms. The van der Waals surface area contributed by atoms with Gasteiger partial charge in [0.1, 0.15) is 0 Å². The van der Waals surface area contributed by atoms with Crippen LogP contribution < -0.4 is 0 Å². The summed E-state index contributed by atoms with van der Waals surface area (Å²) in [5, 5.41) is 4.91. The lowest BCUT2D eigenvalue weighted by atomic mass is 9.90. The van der Waals surface area contributed by atoms with Gasteiger partial charge in [0.05, 0.1) is 0 Å². The van der Waals surface area contributed by atoms with E-state index in [9.17, 15) is 0 Å². The van der Waals surface area contributed by atoms with E-state index < -0.39 is 0 Å². The third kappa shape index (κ3) is 5.51. The molecule has 262 valence electrons. The van der Waals surface area contributed by atoms with Gasteiger partial charge in [-0.15, -0.1) is 22.7 Å². The first-order valence-electron chi connectivity index (χ1n) is 18.7. The molecule has 0 bridgehead atoms. The van der Waals surface area contributed by atoms with Crippen molar-refractivity contribution >= 4 is 63.0 Å². The number of benzene rings is 8. The largest absolute Gasteiger partial charge is 0.208 e. The average Bonchev–Trinajstić information content (AvgIpc) is 3.85. The molecular formula is C51H31N3S2. The van der Waals surface area contributed by atoms with Gasteiger partial charge in [0.2, 0.25) is 0 Å². The first kappa shape index (κ1) is 32.6. The van der Waals surface area contributed by atoms with E-state index in [-0.39, 0.29) is 0 Å². The predicted octanol–water partition coefficient (Wildman–Crippen LogP) is 14.6. The minimum absolute atomic E-state index is 0.638. The van der Waals surface area contributed by atoms with E-state index in [1.807, 2.05) is 0 Å². The Morgan fingerprint density at radius 1 is 0.268 bits per heavy atom. The zero-order valence-corrected chi connectivity index (χ0v) is 31.7. The van der Waals surface area contributed by atoms with E-state index in [4.69, 9.17) is 15.0 Å². The van der Waals surface area contributed by atoms with E-state index >= 15 is 0 Å². The van der Waals surface area contributed by atoms with Crippen molar-refractivity contribution in [1.82, 2.24) is 15.0 Å². The number of rotatable bonds is 6. The van der Waals surface area contributed by atoms with Crippen molar-refractivity contribution in [3.63, 3.8) is 0 Å². The molecule has 3 heterocycles. The zero-order chi connectivity index (χ0) is 37.0. The lowest BCUT2D eigenvalue weighted by Crippen LogP contribution is -2.01. The van der Waals surface area contributed by atoms with E-state index in [0.29, 0.717) is 17.5 Å². The Bertz CT molecular complexity index is 3120. The summed E-state index contributed by atoms with van der Waals surface area (Å²) in [6.07, 6.45) is 0. The Hall–Kier alpha value is -6.79. The van der Waals surface area contributed by atoms with Gasteiger partial charge in [-0.1, -0.05) is 158 Å². The lowest BCUT2D eigenvalue weighted by Gasteiger charge is -2.16. The van der Waals surface area contributed by atoms with Crippen molar-refractivity contribution in [2.45, 2.75) is 0 Å². The van der Waals surface area contributed by atoms with Crippen molar-refractivity contribution in [2.75, 3.05) is 0 Å². The van der Waals surface area contributed by atoms with Crippen LogP contribution in [0, 0.1) is 0 Å². The van der Waals surface area contributed by atoms with Gasteiger partial charge >= 0.3 is 0 Å². The van der Waals surface area contributed by atoms with Gasteiger partial charge in [0.15, 0.2) is 17.5 Å². The normalized spacial score (nSPS) is 11.6. The molecule has 0 unspecified atom stereocenters. The molecule has 3 aromatic heterocycles. The molecule has 0 spiro atoms. The lowest BCUT2D eigenvalue weighted by molar-refractivity contribution is 1.08. The van der Waals surface area contributed by atoms with Gasteiger partial charge in [0, 0.05) is 57.0 Å². The molecule has 0 amide bonds. The minimum Gasteiger partial charge on any atom is -0.208 e. The number of hydrogen-bond acceptors (Lipinski definition) is 5. The van der Waals surface area contributed by atoms with Crippen LogP contribution in [0.4, 0.5) is 0 Å². The van der Waals surface area contributed by atoms with Gasteiger partial charge in [-0.3, -0.25) is 0 Å². The molecule has 0 saturated heterocycles. The second-order valence-corrected chi connectivity index (χ2v) is 16.0. The zero-order valence-electron chi connectivity index (χ0n) is 30.1. The number of nitrogens with zero attached hydrogens (tertiary/aromatic N) is 3. The molecule has 0 N–H and O–H groups in total. The summed E-state index contributed by atoms with van der Waals surface area (Å²) < 4.78 is 4.84. The predicted molar refractivity (Wildman–Crippen MR) is 238 cm³/mol. The topological polar surface area (TPSA) is 38.7 Å². The van der Waals surface area contributed by atoms with Crippen LogP contribution in [0.3, 0.4) is 0 Å². The van der Waals surface area contributed by atoms with Crippen molar-refractivity contribution in [2.24, 2.45) is 0 Å². The van der Waals surface area contributed by atoms with E-state index in [1.165, 1.54) is 51.5 Å². The van der Waals surface area contributed by atoms with Crippen LogP contribution in [-0.4, -0.2) is 15.0 Å². The highest BCUT2D eigenvalue weighted by Gasteiger charge is 2.21. The third-order valence-corrected chi connectivity index (χ3v) is 13.0. The molecule has 0 aliphatic heterocycles. The average molecular weight is 750 g/mol. The molecule has 56 heavy (non-hydrogen) atoms. The van der Waals surface area contributed by atoms with Crippen molar-refractivity contribution in [3.8, 4) is 67.5 Å². The Morgan fingerprint density at radius 3 is 1.20 bits per heavy atom. The standard InChI is InChI=1S/C51H31N3S2/c1-3-15-32(16-4-1)35-19-7-8-20-36(35)34-29-30-37(33-17-5-2-6-18-33)44(31-34)51-53-49(42-25-13-23-40-38-21-9-11-27-45(38)55-47(40)42)52-50(54-51)43-26-14-24-41-39-22-10-12-28-46(39)56-48(41)43/h1-31H. The van der Waals surface area contributed by atoms with Crippen LogP contribution in [-0.2, 0) is 0 Å². The van der Waals surface area contributed by atoms with Crippen LogP contribution in [0.15, 0.2) is 188 Å². The van der Waals surface area contributed by atoms with Gasteiger partial charge in [0.25, 0.3) is 0 Å². The highest BCUT2D eigenvalue weighted by atomic mass is 32.1. The molecule has 0 saturated carbocycles. The summed E-state index contributed by atoms with van der Waals surface area (Å²) in [7, 11) is 0. The molecule has 0 fully saturated rings. The van der Waals surface area contributed by atoms with Crippen LogP contribution in [0.25, 0.3) is 108 Å². The Balaban J connectivity index is 1.20. The first-order valence-corrected chi connectivity index (χ1v) is 20.3. The molecule has 0 atom stereocenters. The number of fused-ring (bicyclic) bond motifs is 6. The number of hydrogen-bond donors (Lipinski definition) is 0. The van der Waals surface area contributed by atoms with Crippen molar-refractivity contribution in [1.29, 1.82) is 0 Å². The number of aromatic nitrogens is 3. The quantitative estimate of drug-likeness (QED) is 0.170. The van der Waals surface area contributed by atoms with Crippen LogP contribution >= 0.6 is 22.7 Å². The van der Waals surface area contributed by atoms with Gasteiger partial charge in [-0.25, -0.2) is 15.0 Å². The van der Waals surface area contributed by atoms with Gasteiger partial charge in [-0.2, -0.15) is 0 Å². The molecule has 0 aliphatic rings. The highest BCUT2D eigenvalue weighted by Crippen LogP contribution is 2.44. The van der Waals surface area contributed by atoms with Crippen LogP contribution in [0.5, 0.6) is 0 Å². The maximum Gasteiger partial charge on any atom is 0.165 e. The smallest absolute Gasteiger partial charge is 0.165 e. The maximum absolute atomic E-state index is 5.43. The summed E-state index contributed by atoms with van der Waals surface area (Å²) in [5.41, 5.74) is 9.73. The summed E-state index contributed by atoms with van der Waals surface area (Å²) in [5.74, 6) is 1.96. The molecule has 11 rings (SSSR count). The molecule has 11 aromatic rings. The summed E-state index contributed by atoms with van der Waals surface area (Å²) in [4.78, 5) is 16.2. The summed E-state index contributed by atoms with van der Waals surface area (Å²) in [6, 6.07) is 66.7. The van der Waals surface area contributed by atoms with Crippen molar-refractivity contribution in [3.05, 3.63) is 188 Å². The van der Waals surface area contributed by atoms with Crippen molar-refractivity contribution < 1.29 is 0 Å². The highest BCUT2D eigenvalue weighted by molar-refractivity contribution is 7.26. The second kappa shape index (κ2) is 13.5. The Labute approximate surface area is 331 Å². The number of thiophene rings is 2. The minimum atomic E-state index is 0.638. The molecule has 3 nitrogen and oxygen atoms in total. The monoisotopic (exact) mass is 749 g/mol. The fourth-order valence-corrected chi connectivity index (χ4v) is 10.4. The van der Waals surface area contributed by atoms with E-state index in [2.05, 4.69) is 188 Å². The second-order valence-electron chi connectivity index (χ2n) is 13.9. The van der Waals surface area contributed by atoms with Gasteiger partial charge in [-0.05, 0) is 63.7 Å². The Morgan fingerprint density at radius 2 is 0.661 bits per heavy atom. The maximum atomic E-state index is 5.43. The fourth-order valence-electron chi connectivity index (χ4n) is 7.95. The fraction of sp³-hybridized carbons (Fsp3) is 0. The SMILES string of the molecule is c1ccc(-c2ccccc2-c2ccc(-c3ccccc3)c(-c3nc(-c4cccc5c4sc4ccccc45)nc(-c4cccc5c4sc4ccccc45)n3)c2)cc1. The first-order chi connectivity index (χ1) is 27.8. The van der Waals surface area contributed by atoms with Gasteiger partial charge < -0.3 is 0 Å². The molecule has 8 aromatic carbocycles. The van der Waals surface area contributed by atoms with E-state index in [1.54, 1.807) is 22.7 Å². The summed E-state index contributed by atoms with van der Waals surface area (Å²) >= 11 is 3.59.